The predicted octanol–water partition coefficient (Wildman–Crippen LogP) is 2.12. The zero-order chi connectivity index (χ0) is 19.6. The number of imide groups is 1. The lowest BCUT2D eigenvalue weighted by Crippen LogP contribution is -2.47. The number of carbonyl (C=O) groups is 3. The van der Waals surface area contributed by atoms with Crippen molar-refractivity contribution >= 4 is 39.6 Å². The van der Waals surface area contributed by atoms with Crippen LogP contribution in [0.2, 0.25) is 0 Å². The van der Waals surface area contributed by atoms with Gasteiger partial charge < -0.3 is 10.2 Å². The van der Waals surface area contributed by atoms with Gasteiger partial charge in [-0.15, -0.1) is 0 Å². The summed E-state index contributed by atoms with van der Waals surface area (Å²) in [7, 11) is 0. The van der Waals surface area contributed by atoms with Crippen molar-refractivity contribution in [1.29, 1.82) is 0 Å². The zero-order valence-corrected chi connectivity index (χ0v) is 17.1. The molecule has 1 unspecified atom stereocenters. The van der Waals surface area contributed by atoms with Gasteiger partial charge in [-0.2, -0.15) is 0 Å². The molecule has 1 aromatic heterocycles. The highest BCUT2D eigenvalue weighted by molar-refractivity contribution is 9.10. The van der Waals surface area contributed by atoms with Crippen LogP contribution in [0.5, 0.6) is 0 Å². The van der Waals surface area contributed by atoms with Gasteiger partial charge in [-0.25, -0.2) is 9.78 Å². The van der Waals surface area contributed by atoms with Crippen molar-refractivity contribution < 1.29 is 14.4 Å². The van der Waals surface area contributed by atoms with E-state index in [1.54, 1.807) is 17.2 Å². The van der Waals surface area contributed by atoms with Crippen LogP contribution in [0.4, 0.5) is 10.6 Å². The lowest BCUT2D eigenvalue weighted by Gasteiger charge is -2.34. The predicted molar refractivity (Wildman–Crippen MR) is 104 cm³/mol. The molecule has 0 aliphatic carbocycles. The molecule has 9 heteroatoms. The molecular weight excluding hydrogens is 414 g/mol. The number of halogens is 1. The Bertz CT molecular complexity index is 724. The van der Waals surface area contributed by atoms with Crippen molar-refractivity contribution in [3.05, 3.63) is 22.8 Å². The van der Waals surface area contributed by atoms with E-state index in [1.807, 2.05) is 19.9 Å². The van der Waals surface area contributed by atoms with Crippen LogP contribution in [0, 0.1) is 5.92 Å². The number of anilines is 1. The van der Waals surface area contributed by atoms with Gasteiger partial charge in [0.1, 0.15) is 12.4 Å². The van der Waals surface area contributed by atoms with Crippen molar-refractivity contribution in [2.24, 2.45) is 5.92 Å². The van der Waals surface area contributed by atoms with Crippen molar-refractivity contribution in [3.8, 4) is 0 Å². The third-order valence-electron chi connectivity index (χ3n) is 4.81. The monoisotopic (exact) mass is 437 g/mol. The maximum absolute atomic E-state index is 12.6. The lowest BCUT2D eigenvalue weighted by molar-refractivity contribution is -0.126. The summed E-state index contributed by atoms with van der Waals surface area (Å²) in [5.41, 5.74) is 0. The summed E-state index contributed by atoms with van der Waals surface area (Å²) in [6.07, 6.45) is 3.30. The van der Waals surface area contributed by atoms with Crippen LogP contribution in [-0.4, -0.2) is 69.9 Å². The number of piperidine rings is 1. The molecule has 27 heavy (non-hydrogen) atoms. The first-order valence-electron chi connectivity index (χ1n) is 9.11. The molecule has 0 radical (unpaired) electrons. The van der Waals surface area contributed by atoms with Gasteiger partial charge in [0, 0.05) is 23.3 Å². The maximum Gasteiger partial charge on any atom is 0.328 e. The van der Waals surface area contributed by atoms with Gasteiger partial charge in [0.25, 0.3) is 5.91 Å². The Balaban J connectivity index is 1.56. The minimum Gasteiger partial charge on any atom is -0.310 e. The normalized spacial score (nSPS) is 21.3. The second kappa shape index (κ2) is 8.35. The standard InChI is InChI=1S/C18H24BrN5O3/c1-12(2)24-16(25)10-23(18(24)27)11-22-7-3-4-13(9-22)17(26)21-15-6-5-14(19)8-20-15/h5-6,8,12-13H,3-4,7,9-11H2,1-2H3,(H,20,21,26). The number of urea groups is 1. The molecule has 146 valence electrons. The Morgan fingerprint density at radius 1 is 1.37 bits per heavy atom. The van der Waals surface area contributed by atoms with Crippen LogP contribution >= 0.6 is 15.9 Å². The fourth-order valence-corrected chi connectivity index (χ4v) is 3.74. The van der Waals surface area contributed by atoms with Crippen molar-refractivity contribution in [1.82, 2.24) is 19.7 Å². The number of pyridine rings is 1. The van der Waals surface area contributed by atoms with Gasteiger partial charge in [-0.3, -0.25) is 19.4 Å². The fourth-order valence-electron chi connectivity index (χ4n) is 3.50. The summed E-state index contributed by atoms with van der Waals surface area (Å²) in [5, 5.41) is 2.85. The smallest absolute Gasteiger partial charge is 0.310 e. The third-order valence-corrected chi connectivity index (χ3v) is 5.28. The Morgan fingerprint density at radius 2 is 2.15 bits per heavy atom. The third kappa shape index (κ3) is 4.65. The fraction of sp³-hybridized carbons (Fsp3) is 0.556. The topological polar surface area (TPSA) is 85.8 Å². The molecule has 1 N–H and O–H groups in total. The van der Waals surface area contributed by atoms with E-state index in [9.17, 15) is 14.4 Å². The number of rotatable bonds is 5. The number of nitrogens with zero attached hydrogens (tertiary/aromatic N) is 4. The molecule has 2 aliphatic rings. The van der Waals surface area contributed by atoms with Gasteiger partial charge >= 0.3 is 6.03 Å². The molecule has 1 atom stereocenters. The largest absolute Gasteiger partial charge is 0.328 e. The SMILES string of the molecule is CC(C)N1C(=O)CN(CN2CCCC(C(=O)Nc3ccc(Br)cn3)C2)C1=O. The molecule has 0 bridgehead atoms. The summed E-state index contributed by atoms with van der Waals surface area (Å²) < 4.78 is 0.851. The summed E-state index contributed by atoms with van der Waals surface area (Å²) in [4.78, 5) is 46.1. The van der Waals surface area contributed by atoms with Crippen LogP contribution in [0.15, 0.2) is 22.8 Å². The summed E-state index contributed by atoms with van der Waals surface area (Å²) in [5.74, 6) is 0.122. The van der Waals surface area contributed by atoms with Gasteiger partial charge in [-0.1, -0.05) is 0 Å². The summed E-state index contributed by atoms with van der Waals surface area (Å²) in [6, 6.07) is 3.18. The molecule has 0 aromatic carbocycles. The molecule has 1 aromatic rings. The minimum atomic E-state index is -0.249. The molecule has 8 nitrogen and oxygen atoms in total. The Kier molecular flexibility index (Phi) is 6.11. The van der Waals surface area contributed by atoms with Crippen molar-refractivity contribution in [2.45, 2.75) is 32.7 Å². The van der Waals surface area contributed by atoms with Crippen LogP contribution in [-0.2, 0) is 9.59 Å². The quantitative estimate of drug-likeness (QED) is 0.712. The Labute approximate surface area is 167 Å². The van der Waals surface area contributed by atoms with Crippen LogP contribution in [0.3, 0.4) is 0 Å². The molecule has 2 fully saturated rings. The average Bonchev–Trinajstić information content (AvgIpc) is 2.90. The number of hydrogen-bond acceptors (Lipinski definition) is 5. The van der Waals surface area contributed by atoms with Gasteiger partial charge in [0.15, 0.2) is 0 Å². The molecule has 3 heterocycles. The van der Waals surface area contributed by atoms with E-state index in [0.29, 0.717) is 19.0 Å². The first-order chi connectivity index (χ1) is 12.8. The van der Waals surface area contributed by atoms with Crippen LogP contribution < -0.4 is 5.32 Å². The number of hydrogen-bond donors (Lipinski definition) is 1. The Morgan fingerprint density at radius 3 is 2.78 bits per heavy atom. The molecule has 0 saturated carbocycles. The number of carbonyl (C=O) groups excluding carboxylic acids is 3. The number of aromatic nitrogens is 1. The lowest BCUT2D eigenvalue weighted by atomic mass is 9.97. The minimum absolute atomic E-state index is 0.0674. The molecule has 2 aliphatic heterocycles. The molecule has 4 amide bonds. The van der Waals surface area contributed by atoms with E-state index in [-0.39, 0.29) is 36.3 Å². The molecule has 3 rings (SSSR count). The number of nitrogens with one attached hydrogen (secondary N) is 1. The van der Waals surface area contributed by atoms with E-state index in [4.69, 9.17) is 0 Å². The van der Waals surface area contributed by atoms with Crippen molar-refractivity contribution in [3.63, 3.8) is 0 Å². The van der Waals surface area contributed by atoms with E-state index >= 15 is 0 Å². The first kappa shape index (κ1) is 19.8. The van der Waals surface area contributed by atoms with E-state index in [0.717, 1.165) is 23.9 Å². The second-order valence-electron chi connectivity index (χ2n) is 7.25. The molecular formula is C18H24BrN5O3. The van der Waals surface area contributed by atoms with E-state index in [1.165, 1.54) is 4.90 Å². The first-order valence-corrected chi connectivity index (χ1v) is 9.90. The van der Waals surface area contributed by atoms with Gasteiger partial charge in [-0.05, 0) is 61.3 Å². The van der Waals surface area contributed by atoms with E-state index < -0.39 is 0 Å². The van der Waals surface area contributed by atoms with Gasteiger partial charge in [0.05, 0.1) is 12.6 Å². The van der Waals surface area contributed by atoms with E-state index in [2.05, 4.69) is 31.1 Å². The van der Waals surface area contributed by atoms with Crippen LogP contribution in [0.1, 0.15) is 26.7 Å². The summed E-state index contributed by atoms with van der Waals surface area (Å²) >= 11 is 3.32. The van der Waals surface area contributed by atoms with Crippen LogP contribution in [0.25, 0.3) is 0 Å². The second-order valence-corrected chi connectivity index (χ2v) is 8.16. The summed E-state index contributed by atoms with van der Waals surface area (Å²) in [6.45, 7) is 5.50. The number of likely N-dealkylation sites (tertiary alicyclic amines) is 1. The maximum atomic E-state index is 12.6. The highest BCUT2D eigenvalue weighted by Crippen LogP contribution is 2.21. The van der Waals surface area contributed by atoms with Gasteiger partial charge in [0.2, 0.25) is 5.91 Å². The molecule has 2 saturated heterocycles. The highest BCUT2D eigenvalue weighted by atomic mass is 79.9. The average molecular weight is 438 g/mol. The zero-order valence-electron chi connectivity index (χ0n) is 15.5. The van der Waals surface area contributed by atoms with Crippen molar-refractivity contribution in [2.75, 3.05) is 31.6 Å². The molecule has 0 spiro atoms. The Hall–Kier alpha value is -2.00. The number of amides is 4. The highest BCUT2D eigenvalue weighted by Gasteiger charge is 2.39.